The molecule has 7 heteroatoms. The predicted molar refractivity (Wildman–Crippen MR) is 102 cm³/mol. The number of nitrogens with zero attached hydrogens (tertiary/aromatic N) is 1. The van der Waals surface area contributed by atoms with E-state index in [1.165, 1.54) is 6.07 Å². The number of ether oxygens (including phenoxy) is 1. The summed E-state index contributed by atoms with van der Waals surface area (Å²) in [5.41, 5.74) is 0.904. The molecule has 1 aromatic carbocycles. The summed E-state index contributed by atoms with van der Waals surface area (Å²) < 4.78 is 19.1. The first kappa shape index (κ1) is 21.1. The van der Waals surface area contributed by atoms with E-state index in [2.05, 4.69) is 22.5 Å². The van der Waals surface area contributed by atoms with Crippen molar-refractivity contribution in [2.75, 3.05) is 39.4 Å². The lowest BCUT2D eigenvalue weighted by atomic mass is 9.92. The number of piperidine rings is 1. The summed E-state index contributed by atoms with van der Waals surface area (Å²) in [6.45, 7) is 6.43. The van der Waals surface area contributed by atoms with E-state index >= 15 is 0 Å². The van der Waals surface area contributed by atoms with Gasteiger partial charge in [-0.05, 0) is 44.0 Å². The second-order valence-electron chi connectivity index (χ2n) is 7.04. The van der Waals surface area contributed by atoms with Crippen LogP contribution in [0.15, 0.2) is 24.3 Å². The van der Waals surface area contributed by atoms with Gasteiger partial charge in [0.25, 0.3) is 0 Å². The van der Waals surface area contributed by atoms with Gasteiger partial charge in [-0.1, -0.05) is 12.1 Å². The fourth-order valence-electron chi connectivity index (χ4n) is 3.77. The van der Waals surface area contributed by atoms with Gasteiger partial charge in [0.15, 0.2) is 0 Å². The summed E-state index contributed by atoms with van der Waals surface area (Å²) in [4.78, 5) is 14.8. The van der Waals surface area contributed by atoms with E-state index in [0.29, 0.717) is 25.8 Å². The molecule has 0 radical (unpaired) electrons. The van der Waals surface area contributed by atoms with E-state index in [-0.39, 0.29) is 36.1 Å². The number of amides is 1. The van der Waals surface area contributed by atoms with Crippen molar-refractivity contribution in [2.45, 2.75) is 31.8 Å². The minimum Gasteiger partial charge on any atom is -0.379 e. The first-order chi connectivity index (χ1) is 12.1. The molecule has 0 aliphatic carbocycles. The molecule has 2 heterocycles. The second kappa shape index (κ2) is 10.2. The highest BCUT2D eigenvalue weighted by Crippen LogP contribution is 2.23. The lowest BCUT2D eigenvalue weighted by Crippen LogP contribution is -2.46. The maximum atomic E-state index is 13.7. The van der Waals surface area contributed by atoms with Crippen LogP contribution in [0.1, 0.15) is 31.4 Å². The monoisotopic (exact) mass is 385 g/mol. The van der Waals surface area contributed by atoms with Crippen LogP contribution in [0, 0.1) is 11.7 Å². The van der Waals surface area contributed by atoms with E-state index < -0.39 is 0 Å². The number of hydrogen-bond acceptors (Lipinski definition) is 4. The van der Waals surface area contributed by atoms with E-state index in [1.54, 1.807) is 12.1 Å². The molecule has 2 aliphatic rings. The third kappa shape index (κ3) is 5.64. The quantitative estimate of drug-likeness (QED) is 0.815. The Kier molecular flexibility index (Phi) is 8.28. The number of carbonyl (C=O) groups excluding carboxylic acids is 1. The lowest BCUT2D eigenvalue weighted by molar-refractivity contribution is -0.126. The van der Waals surface area contributed by atoms with Gasteiger partial charge in [0.1, 0.15) is 5.82 Å². The molecular weight excluding hydrogens is 357 g/mol. The molecule has 2 aliphatic heterocycles. The van der Waals surface area contributed by atoms with Gasteiger partial charge in [-0.25, -0.2) is 4.39 Å². The van der Waals surface area contributed by atoms with Gasteiger partial charge in [-0.2, -0.15) is 0 Å². The van der Waals surface area contributed by atoms with Crippen LogP contribution in [0.4, 0.5) is 4.39 Å². The van der Waals surface area contributed by atoms with Crippen LogP contribution in [0.25, 0.3) is 0 Å². The molecule has 0 bridgehead atoms. The molecule has 2 fully saturated rings. The summed E-state index contributed by atoms with van der Waals surface area (Å²) in [5, 5.41) is 6.49. The number of halogens is 2. The molecular formula is C19H29ClFN3O2. The minimum absolute atomic E-state index is 0. The zero-order valence-corrected chi connectivity index (χ0v) is 16.1. The zero-order valence-electron chi connectivity index (χ0n) is 15.2. The molecule has 1 amide bonds. The highest BCUT2D eigenvalue weighted by atomic mass is 35.5. The van der Waals surface area contributed by atoms with Crippen molar-refractivity contribution < 1.29 is 13.9 Å². The van der Waals surface area contributed by atoms with Crippen LogP contribution < -0.4 is 10.6 Å². The van der Waals surface area contributed by atoms with Crippen LogP contribution in [0.3, 0.4) is 0 Å². The number of morpholine rings is 1. The summed E-state index contributed by atoms with van der Waals surface area (Å²) >= 11 is 0. The molecule has 26 heavy (non-hydrogen) atoms. The van der Waals surface area contributed by atoms with Gasteiger partial charge in [0, 0.05) is 31.6 Å². The summed E-state index contributed by atoms with van der Waals surface area (Å²) in [7, 11) is 0. The van der Waals surface area contributed by atoms with Crippen LogP contribution >= 0.6 is 12.4 Å². The molecule has 146 valence electrons. The van der Waals surface area contributed by atoms with Crippen LogP contribution in [-0.2, 0) is 9.53 Å². The topological polar surface area (TPSA) is 53.6 Å². The maximum absolute atomic E-state index is 13.7. The number of carbonyl (C=O) groups is 1. The highest BCUT2D eigenvalue weighted by Gasteiger charge is 2.27. The van der Waals surface area contributed by atoms with E-state index in [4.69, 9.17) is 4.74 Å². The Morgan fingerprint density at radius 3 is 2.88 bits per heavy atom. The molecule has 1 unspecified atom stereocenters. The fraction of sp³-hybridized carbons (Fsp3) is 0.632. The number of benzene rings is 1. The Morgan fingerprint density at radius 1 is 1.42 bits per heavy atom. The first-order valence-electron chi connectivity index (χ1n) is 9.22. The van der Waals surface area contributed by atoms with Gasteiger partial charge >= 0.3 is 0 Å². The first-order valence-corrected chi connectivity index (χ1v) is 9.22. The average molecular weight is 386 g/mol. The largest absolute Gasteiger partial charge is 0.379 e. The van der Waals surface area contributed by atoms with Crippen molar-refractivity contribution in [1.82, 2.24) is 15.5 Å². The van der Waals surface area contributed by atoms with Gasteiger partial charge < -0.3 is 15.4 Å². The summed E-state index contributed by atoms with van der Waals surface area (Å²) in [6, 6.07) is 7.04. The molecule has 3 atom stereocenters. The van der Waals surface area contributed by atoms with Crippen molar-refractivity contribution in [3.05, 3.63) is 35.6 Å². The van der Waals surface area contributed by atoms with Gasteiger partial charge in [0.05, 0.1) is 19.3 Å². The number of rotatable bonds is 5. The van der Waals surface area contributed by atoms with E-state index in [9.17, 15) is 9.18 Å². The van der Waals surface area contributed by atoms with Crippen LogP contribution in [0.2, 0.25) is 0 Å². The Bertz CT molecular complexity index is 584. The lowest BCUT2D eigenvalue weighted by Gasteiger charge is -2.35. The zero-order chi connectivity index (χ0) is 17.6. The SMILES string of the molecule is C[C@H]1C[C@@H](C(=O)NCC(c2cccc(F)c2)N2CCOCC2)CCN1.Cl. The molecule has 5 nitrogen and oxygen atoms in total. The molecule has 2 saturated heterocycles. The number of nitrogens with one attached hydrogen (secondary N) is 2. The Balaban J connectivity index is 0.00000243. The fourth-order valence-corrected chi connectivity index (χ4v) is 3.77. The van der Waals surface area contributed by atoms with Gasteiger partial charge in [-0.15, -0.1) is 12.4 Å². The Hall–Kier alpha value is -1.21. The van der Waals surface area contributed by atoms with Crippen molar-refractivity contribution in [1.29, 1.82) is 0 Å². The Morgan fingerprint density at radius 2 is 2.19 bits per heavy atom. The van der Waals surface area contributed by atoms with Gasteiger partial charge in [0.2, 0.25) is 5.91 Å². The smallest absolute Gasteiger partial charge is 0.223 e. The second-order valence-corrected chi connectivity index (χ2v) is 7.04. The summed E-state index contributed by atoms with van der Waals surface area (Å²) in [5.74, 6) is -0.0635. The molecule has 0 spiro atoms. The maximum Gasteiger partial charge on any atom is 0.223 e. The number of hydrogen-bond donors (Lipinski definition) is 2. The van der Waals surface area contributed by atoms with Crippen molar-refractivity contribution in [3.8, 4) is 0 Å². The van der Waals surface area contributed by atoms with E-state index in [0.717, 1.165) is 38.0 Å². The highest BCUT2D eigenvalue weighted by molar-refractivity contribution is 5.85. The van der Waals surface area contributed by atoms with Crippen molar-refractivity contribution >= 4 is 18.3 Å². The van der Waals surface area contributed by atoms with Crippen molar-refractivity contribution in [3.63, 3.8) is 0 Å². The van der Waals surface area contributed by atoms with Gasteiger partial charge in [-0.3, -0.25) is 9.69 Å². The van der Waals surface area contributed by atoms with Crippen LogP contribution in [0.5, 0.6) is 0 Å². The molecule has 3 rings (SSSR count). The summed E-state index contributed by atoms with van der Waals surface area (Å²) in [6.07, 6.45) is 1.74. The molecule has 1 aromatic rings. The molecule has 0 aromatic heterocycles. The molecule has 2 N–H and O–H groups in total. The Labute approximate surface area is 161 Å². The predicted octanol–water partition coefficient (Wildman–Crippen LogP) is 2.13. The minimum atomic E-state index is -0.241. The van der Waals surface area contributed by atoms with E-state index in [1.807, 2.05) is 6.07 Å². The standard InChI is InChI=1S/C19H28FN3O2.ClH/c1-14-11-16(5-6-21-14)19(24)22-13-18(23-7-9-25-10-8-23)15-3-2-4-17(20)12-15;/h2-4,12,14,16,18,21H,5-11,13H2,1H3,(H,22,24);1H/t14-,16-,18?;/m0./s1. The normalized spacial score (nSPS) is 25.2. The third-order valence-electron chi connectivity index (χ3n) is 5.18. The third-order valence-corrected chi connectivity index (χ3v) is 5.18. The van der Waals surface area contributed by atoms with Crippen molar-refractivity contribution in [2.24, 2.45) is 5.92 Å². The van der Waals surface area contributed by atoms with Crippen LogP contribution in [-0.4, -0.2) is 56.2 Å². The molecule has 0 saturated carbocycles. The average Bonchev–Trinajstić information content (AvgIpc) is 2.63.